The molecule has 1 heterocycles. The van der Waals surface area contributed by atoms with Crippen LogP contribution in [0.2, 0.25) is 0 Å². The van der Waals surface area contributed by atoms with E-state index in [9.17, 15) is 5.11 Å². The van der Waals surface area contributed by atoms with Gasteiger partial charge in [-0.25, -0.2) is 0 Å². The van der Waals surface area contributed by atoms with Crippen LogP contribution in [0, 0.1) is 17.3 Å². The number of nitrogens with zero attached hydrogens (tertiary/aromatic N) is 1. The van der Waals surface area contributed by atoms with Crippen molar-refractivity contribution < 1.29 is 5.11 Å². The van der Waals surface area contributed by atoms with E-state index >= 15 is 0 Å². The predicted octanol–water partition coefficient (Wildman–Crippen LogP) is 5.43. The van der Waals surface area contributed by atoms with Gasteiger partial charge in [0.05, 0.1) is 16.8 Å². The zero-order valence-corrected chi connectivity index (χ0v) is 15.2. The molecule has 3 heteroatoms. The SMILES string of the molecule is CC1C=CC2CC(O)=C(C3=NC4C=CCCC4(C)S3)CC2(C)C1. The number of allylic oxidation sites excluding steroid dienone is 4. The summed E-state index contributed by atoms with van der Waals surface area (Å²) in [7, 11) is 0. The van der Waals surface area contributed by atoms with E-state index in [0.717, 1.165) is 29.9 Å². The van der Waals surface area contributed by atoms with E-state index < -0.39 is 0 Å². The summed E-state index contributed by atoms with van der Waals surface area (Å²) in [6.07, 6.45) is 14.5. The highest BCUT2D eigenvalue weighted by molar-refractivity contribution is 8.15. The maximum absolute atomic E-state index is 10.7. The van der Waals surface area contributed by atoms with Crippen LogP contribution < -0.4 is 0 Å². The predicted molar refractivity (Wildman–Crippen MR) is 99.0 cm³/mol. The first-order valence-corrected chi connectivity index (χ1v) is 9.74. The van der Waals surface area contributed by atoms with Gasteiger partial charge in [0, 0.05) is 16.7 Å². The Kier molecular flexibility index (Phi) is 3.57. The van der Waals surface area contributed by atoms with Crippen LogP contribution in [0.1, 0.15) is 52.9 Å². The van der Waals surface area contributed by atoms with Gasteiger partial charge in [-0.1, -0.05) is 49.9 Å². The van der Waals surface area contributed by atoms with Gasteiger partial charge in [-0.3, -0.25) is 4.99 Å². The molecule has 0 aromatic rings. The van der Waals surface area contributed by atoms with E-state index in [4.69, 9.17) is 4.99 Å². The topological polar surface area (TPSA) is 32.6 Å². The summed E-state index contributed by atoms with van der Waals surface area (Å²) < 4.78 is 0.189. The molecule has 1 aliphatic heterocycles. The fourth-order valence-corrected chi connectivity index (χ4v) is 6.21. The average molecular weight is 330 g/mol. The number of thioether (sulfide) groups is 1. The Morgan fingerprint density at radius 1 is 1.26 bits per heavy atom. The van der Waals surface area contributed by atoms with E-state index in [-0.39, 0.29) is 16.2 Å². The van der Waals surface area contributed by atoms with Gasteiger partial charge in [-0.15, -0.1) is 0 Å². The van der Waals surface area contributed by atoms with E-state index in [2.05, 4.69) is 45.1 Å². The number of hydrogen-bond acceptors (Lipinski definition) is 3. The van der Waals surface area contributed by atoms with Crippen LogP contribution in [-0.2, 0) is 0 Å². The first kappa shape index (κ1) is 15.6. The molecule has 0 spiro atoms. The van der Waals surface area contributed by atoms with Gasteiger partial charge in [0.15, 0.2) is 0 Å². The molecule has 4 aliphatic rings. The molecule has 1 N–H and O–H groups in total. The molecule has 0 amide bonds. The van der Waals surface area contributed by atoms with Gasteiger partial charge in [-0.2, -0.15) is 0 Å². The van der Waals surface area contributed by atoms with Crippen LogP contribution in [0.3, 0.4) is 0 Å². The summed E-state index contributed by atoms with van der Waals surface area (Å²) in [5.74, 6) is 1.70. The summed E-state index contributed by atoms with van der Waals surface area (Å²) in [4.78, 5) is 5.00. The number of aliphatic hydroxyl groups is 1. The van der Waals surface area contributed by atoms with Gasteiger partial charge in [0.25, 0.3) is 0 Å². The molecule has 5 atom stereocenters. The maximum atomic E-state index is 10.7. The quantitative estimate of drug-likeness (QED) is 0.650. The second-order valence-electron chi connectivity index (χ2n) is 8.39. The number of aliphatic hydroxyl groups excluding tert-OH is 1. The molecule has 124 valence electrons. The summed E-state index contributed by atoms with van der Waals surface area (Å²) in [6.45, 7) is 7.04. The van der Waals surface area contributed by atoms with Crippen molar-refractivity contribution in [3.63, 3.8) is 0 Å². The van der Waals surface area contributed by atoms with Crippen molar-refractivity contribution in [1.29, 1.82) is 0 Å². The lowest BCUT2D eigenvalue weighted by atomic mass is 9.61. The lowest BCUT2D eigenvalue weighted by Gasteiger charge is -2.44. The zero-order valence-electron chi connectivity index (χ0n) is 14.4. The molecule has 3 aliphatic carbocycles. The lowest BCUT2D eigenvalue weighted by molar-refractivity contribution is 0.141. The minimum atomic E-state index is 0.189. The Labute approximate surface area is 143 Å². The Balaban J connectivity index is 1.65. The monoisotopic (exact) mass is 329 g/mol. The van der Waals surface area contributed by atoms with Crippen molar-refractivity contribution >= 4 is 16.8 Å². The van der Waals surface area contributed by atoms with Crippen molar-refractivity contribution in [2.24, 2.45) is 22.2 Å². The smallest absolute Gasteiger partial charge is 0.0987 e. The highest BCUT2D eigenvalue weighted by Crippen LogP contribution is 2.54. The Bertz CT molecular complexity index is 646. The van der Waals surface area contributed by atoms with Crippen LogP contribution in [0.25, 0.3) is 0 Å². The van der Waals surface area contributed by atoms with Crippen LogP contribution in [0.4, 0.5) is 0 Å². The van der Waals surface area contributed by atoms with Gasteiger partial charge in [-0.05, 0) is 49.9 Å². The minimum Gasteiger partial charge on any atom is -0.512 e. The van der Waals surface area contributed by atoms with Gasteiger partial charge < -0.3 is 5.11 Å². The molecule has 0 aromatic carbocycles. The summed E-state index contributed by atoms with van der Waals surface area (Å²) in [6, 6.07) is 0.284. The molecule has 0 bridgehead atoms. The Morgan fingerprint density at radius 2 is 2.09 bits per heavy atom. The largest absolute Gasteiger partial charge is 0.512 e. The molecule has 23 heavy (non-hydrogen) atoms. The zero-order chi connectivity index (χ0) is 16.2. The fourth-order valence-electron chi connectivity index (χ4n) is 4.82. The van der Waals surface area contributed by atoms with Crippen LogP contribution in [-0.4, -0.2) is 20.9 Å². The molecule has 0 saturated carbocycles. The molecule has 0 fully saturated rings. The molecule has 0 aromatic heterocycles. The van der Waals surface area contributed by atoms with Gasteiger partial charge >= 0.3 is 0 Å². The van der Waals surface area contributed by atoms with E-state index in [0.29, 0.717) is 17.6 Å². The van der Waals surface area contributed by atoms with E-state index in [1.54, 1.807) is 0 Å². The van der Waals surface area contributed by atoms with Crippen LogP contribution in [0.15, 0.2) is 40.6 Å². The third-order valence-electron chi connectivity index (χ3n) is 6.29. The number of rotatable bonds is 1. The summed E-state index contributed by atoms with van der Waals surface area (Å²) in [5.41, 5.74) is 1.41. The number of fused-ring (bicyclic) bond motifs is 2. The highest BCUT2D eigenvalue weighted by atomic mass is 32.2. The third kappa shape index (κ3) is 2.52. The van der Waals surface area contributed by atoms with Crippen molar-refractivity contribution in [2.45, 2.75) is 63.7 Å². The summed E-state index contributed by atoms with van der Waals surface area (Å²) in [5, 5.41) is 11.8. The third-order valence-corrected chi connectivity index (χ3v) is 7.75. The Morgan fingerprint density at radius 3 is 2.87 bits per heavy atom. The molecule has 2 nitrogen and oxygen atoms in total. The van der Waals surface area contributed by atoms with Crippen molar-refractivity contribution in [2.75, 3.05) is 0 Å². The van der Waals surface area contributed by atoms with E-state index in [1.807, 2.05) is 11.8 Å². The van der Waals surface area contributed by atoms with Crippen molar-refractivity contribution in [3.05, 3.63) is 35.6 Å². The fraction of sp³-hybridized carbons (Fsp3) is 0.650. The van der Waals surface area contributed by atoms with E-state index in [1.165, 1.54) is 12.8 Å². The first-order valence-electron chi connectivity index (χ1n) is 8.93. The molecule has 0 saturated heterocycles. The first-order chi connectivity index (χ1) is 10.9. The highest BCUT2D eigenvalue weighted by Gasteiger charge is 2.46. The van der Waals surface area contributed by atoms with Gasteiger partial charge in [0.2, 0.25) is 0 Å². The maximum Gasteiger partial charge on any atom is 0.0987 e. The normalized spacial score (nSPS) is 45.7. The molecular weight excluding hydrogens is 302 g/mol. The van der Waals surface area contributed by atoms with Crippen molar-refractivity contribution in [1.82, 2.24) is 0 Å². The number of aliphatic imine (C=N–C) groups is 1. The molecule has 0 radical (unpaired) electrons. The van der Waals surface area contributed by atoms with Crippen LogP contribution in [0.5, 0.6) is 0 Å². The standard InChI is InChI=1S/C20H27NOS/c1-13-7-8-14-10-16(22)15(12-19(14,2)11-13)18-21-17-6-4-5-9-20(17,3)23-18/h4,6-8,13-14,17,22H,5,9-12H2,1-3H3. The summed E-state index contributed by atoms with van der Waals surface area (Å²) >= 11 is 1.91. The second kappa shape index (κ2) is 5.27. The minimum absolute atomic E-state index is 0.189. The van der Waals surface area contributed by atoms with Gasteiger partial charge in [0.1, 0.15) is 0 Å². The lowest BCUT2D eigenvalue weighted by Crippen LogP contribution is -2.36. The average Bonchev–Trinajstić information content (AvgIpc) is 2.84. The van der Waals surface area contributed by atoms with Crippen molar-refractivity contribution in [3.8, 4) is 0 Å². The molecule has 4 rings (SSSR count). The molecule has 5 unspecified atom stereocenters. The molecular formula is C20H27NOS. The Hall–Kier alpha value is -0.960. The van der Waals surface area contributed by atoms with Crippen LogP contribution >= 0.6 is 11.8 Å². The second-order valence-corrected chi connectivity index (χ2v) is 9.92. The number of hydrogen-bond donors (Lipinski definition) is 1.